The lowest BCUT2D eigenvalue weighted by Crippen LogP contribution is -2.43. The number of carbonyl (C=O) groups excluding carboxylic acids is 1. The zero-order valence-electron chi connectivity index (χ0n) is 13.0. The Bertz CT molecular complexity index is 390. The summed E-state index contributed by atoms with van der Waals surface area (Å²) in [6.07, 6.45) is 2.79. The van der Waals surface area contributed by atoms with Gasteiger partial charge in [0.05, 0.1) is 5.92 Å². The van der Waals surface area contributed by atoms with E-state index in [9.17, 15) is 4.79 Å². The molecule has 20 heavy (non-hydrogen) atoms. The fourth-order valence-electron chi connectivity index (χ4n) is 2.52. The molecule has 112 valence electrons. The zero-order chi connectivity index (χ0) is 15.0. The predicted octanol–water partition coefficient (Wildman–Crippen LogP) is 3.06. The fourth-order valence-corrected chi connectivity index (χ4v) is 2.52. The third-order valence-electron chi connectivity index (χ3n) is 4.50. The molecule has 1 aromatic rings. The van der Waals surface area contributed by atoms with E-state index in [1.165, 1.54) is 0 Å². The Hall–Kier alpha value is -1.35. The van der Waals surface area contributed by atoms with Gasteiger partial charge in [-0.05, 0) is 36.8 Å². The molecule has 1 aromatic carbocycles. The molecule has 3 nitrogen and oxygen atoms in total. The Kier molecular flexibility index (Phi) is 6.73. The molecule has 0 saturated carbocycles. The van der Waals surface area contributed by atoms with E-state index in [0.717, 1.165) is 24.8 Å². The first-order valence-corrected chi connectivity index (χ1v) is 7.65. The van der Waals surface area contributed by atoms with Crippen LogP contribution in [0.3, 0.4) is 0 Å². The van der Waals surface area contributed by atoms with E-state index >= 15 is 0 Å². The lowest BCUT2D eigenvalue weighted by atomic mass is 9.82. The highest BCUT2D eigenvalue weighted by Crippen LogP contribution is 2.25. The standard InChI is InChI=1S/C17H28N2O/c1-4-15(14-10-8-7-9-11-14)16(20)19-13-17(5-2,6-3)12-18/h7-11,15H,4-6,12-13,18H2,1-3H3,(H,19,20). The SMILES string of the molecule is CCC(C(=O)NCC(CC)(CC)CN)c1ccccc1. The summed E-state index contributed by atoms with van der Waals surface area (Å²) in [4.78, 5) is 12.4. The monoisotopic (exact) mass is 276 g/mol. The summed E-state index contributed by atoms with van der Waals surface area (Å²) in [5.74, 6) is 0.0406. The second kappa shape index (κ2) is 8.05. The van der Waals surface area contributed by atoms with Gasteiger partial charge in [-0.1, -0.05) is 51.1 Å². The topological polar surface area (TPSA) is 55.1 Å². The molecular formula is C17H28N2O. The number of nitrogens with two attached hydrogens (primary N) is 1. The second-order valence-electron chi connectivity index (χ2n) is 5.50. The summed E-state index contributed by atoms with van der Waals surface area (Å²) >= 11 is 0. The van der Waals surface area contributed by atoms with Crippen molar-refractivity contribution in [2.24, 2.45) is 11.1 Å². The molecule has 1 unspecified atom stereocenters. The quantitative estimate of drug-likeness (QED) is 0.766. The van der Waals surface area contributed by atoms with E-state index in [2.05, 4.69) is 19.2 Å². The number of hydrogen-bond donors (Lipinski definition) is 2. The molecule has 0 aliphatic carbocycles. The van der Waals surface area contributed by atoms with Crippen LogP contribution in [0.1, 0.15) is 51.5 Å². The number of nitrogens with one attached hydrogen (secondary N) is 1. The minimum atomic E-state index is -0.0691. The third kappa shape index (κ3) is 4.07. The van der Waals surface area contributed by atoms with E-state index in [-0.39, 0.29) is 17.2 Å². The molecule has 0 radical (unpaired) electrons. The van der Waals surface area contributed by atoms with Gasteiger partial charge < -0.3 is 11.1 Å². The third-order valence-corrected chi connectivity index (χ3v) is 4.50. The maximum absolute atomic E-state index is 12.4. The van der Waals surface area contributed by atoms with Crippen molar-refractivity contribution >= 4 is 5.91 Å². The van der Waals surface area contributed by atoms with Crippen LogP contribution in [-0.4, -0.2) is 19.0 Å². The molecule has 0 aliphatic rings. The van der Waals surface area contributed by atoms with Crippen LogP contribution in [-0.2, 0) is 4.79 Å². The van der Waals surface area contributed by atoms with Crippen LogP contribution in [0.2, 0.25) is 0 Å². The van der Waals surface area contributed by atoms with Crippen LogP contribution in [0.25, 0.3) is 0 Å². The highest BCUT2D eigenvalue weighted by atomic mass is 16.1. The maximum Gasteiger partial charge on any atom is 0.227 e. The number of amides is 1. The second-order valence-corrected chi connectivity index (χ2v) is 5.50. The largest absolute Gasteiger partial charge is 0.355 e. The number of carbonyl (C=O) groups is 1. The fraction of sp³-hybridized carbons (Fsp3) is 0.588. The van der Waals surface area contributed by atoms with Crippen LogP contribution < -0.4 is 11.1 Å². The molecule has 1 atom stereocenters. The maximum atomic E-state index is 12.4. The van der Waals surface area contributed by atoms with E-state index < -0.39 is 0 Å². The minimum absolute atomic E-state index is 0.0324. The summed E-state index contributed by atoms with van der Waals surface area (Å²) in [6, 6.07) is 9.97. The Morgan fingerprint density at radius 2 is 1.80 bits per heavy atom. The van der Waals surface area contributed by atoms with E-state index in [4.69, 9.17) is 5.73 Å². The van der Waals surface area contributed by atoms with Crippen LogP contribution >= 0.6 is 0 Å². The lowest BCUT2D eigenvalue weighted by molar-refractivity contribution is -0.123. The first-order valence-electron chi connectivity index (χ1n) is 7.65. The van der Waals surface area contributed by atoms with Crippen molar-refractivity contribution < 1.29 is 4.79 Å². The molecule has 0 saturated heterocycles. The van der Waals surface area contributed by atoms with Crippen molar-refractivity contribution in [3.63, 3.8) is 0 Å². The molecule has 0 aliphatic heterocycles. The van der Waals surface area contributed by atoms with Gasteiger partial charge in [-0.15, -0.1) is 0 Å². The summed E-state index contributed by atoms with van der Waals surface area (Å²) in [5.41, 5.74) is 7.00. The molecule has 0 spiro atoms. The average Bonchev–Trinajstić information content (AvgIpc) is 2.51. The molecule has 0 aromatic heterocycles. The van der Waals surface area contributed by atoms with Crippen LogP contribution in [0, 0.1) is 5.41 Å². The Morgan fingerprint density at radius 3 is 2.25 bits per heavy atom. The molecular weight excluding hydrogens is 248 g/mol. The van der Waals surface area contributed by atoms with Crippen molar-refractivity contribution in [3.8, 4) is 0 Å². The van der Waals surface area contributed by atoms with Gasteiger partial charge in [0.1, 0.15) is 0 Å². The van der Waals surface area contributed by atoms with Gasteiger partial charge in [0, 0.05) is 6.54 Å². The van der Waals surface area contributed by atoms with Crippen molar-refractivity contribution in [1.29, 1.82) is 0 Å². The Balaban J connectivity index is 2.69. The number of rotatable bonds is 8. The first-order chi connectivity index (χ1) is 9.62. The number of benzene rings is 1. The van der Waals surface area contributed by atoms with Gasteiger partial charge in [-0.3, -0.25) is 4.79 Å². The van der Waals surface area contributed by atoms with E-state index in [1.54, 1.807) is 0 Å². The van der Waals surface area contributed by atoms with Crippen LogP contribution in [0.15, 0.2) is 30.3 Å². The van der Waals surface area contributed by atoms with Gasteiger partial charge >= 0.3 is 0 Å². The first kappa shape index (κ1) is 16.7. The summed E-state index contributed by atoms with van der Waals surface area (Å²) in [5, 5.41) is 3.11. The van der Waals surface area contributed by atoms with Gasteiger partial charge in [0.25, 0.3) is 0 Å². The molecule has 0 bridgehead atoms. The molecule has 1 rings (SSSR count). The lowest BCUT2D eigenvalue weighted by Gasteiger charge is -2.31. The van der Waals surface area contributed by atoms with Crippen molar-refractivity contribution in [2.75, 3.05) is 13.1 Å². The normalized spacial score (nSPS) is 13.0. The predicted molar refractivity (Wildman–Crippen MR) is 84.6 cm³/mol. The molecule has 3 heteroatoms. The summed E-state index contributed by atoms with van der Waals surface area (Å²) in [6.45, 7) is 7.60. The van der Waals surface area contributed by atoms with Crippen LogP contribution in [0.4, 0.5) is 0 Å². The summed E-state index contributed by atoms with van der Waals surface area (Å²) in [7, 11) is 0. The van der Waals surface area contributed by atoms with E-state index in [0.29, 0.717) is 13.1 Å². The van der Waals surface area contributed by atoms with Gasteiger partial charge in [-0.25, -0.2) is 0 Å². The highest BCUT2D eigenvalue weighted by molar-refractivity contribution is 5.83. The number of hydrogen-bond acceptors (Lipinski definition) is 2. The molecule has 3 N–H and O–H groups in total. The zero-order valence-corrected chi connectivity index (χ0v) is 13.0. The minimum Gasteiger partial charge on any atom is -0.355 e. The average molecular weight is 276 g/mol. The van der Waals surface area contributed by atoms with Gasteiger partial charge in [0.2, 0.25) is 5.91 Å². The Labute approximate surface area is 122 Å². The van der Waals surface area contributed by atoms with Crippen molar-refractivity contribution in [1.82, 2.24) is 5.32 Å². The van der Waals surface area contributed by atoms with Gasteiger partial charge in [-0.2, -0.15) is 0 Å². The van der Waals surface area contributed by atoms with Crippen molar-refractivity contribution in [3.05, 3.63) is 35.9 Å². The molecule has 0 fully saturated rings. The van der Waals surface area contributed by atoms with E-state index in [1.807, 2.05) is 37.3 Å². The van der Waals surface area contributed by atoms with Crippen molar-refractivity contribution in [2.45, 2.75) is 46.0 Å². The molecule has 1 amide bonds. The van der Waals surface area contributed by atoms with Crippen LogP contribution in [0.5, 0.6) is 0 Å². The summed E-state index contributed by atoms with van der Waals surface area (Å²) < 4.78 is 0. The molecule has 0 heterocycles. The smallest absolute Gasteiger partial charge is 0.227 e. The van der Waals surface area contributed by atoms with Gasteiger partial charge in [0.15, 0.2) is 0 Å². The Morgan fingerprint density at radius 1 is 1.20 bits per heavy atom. The highest BCUT2D eigenvalue weighted by Gasteiger charge is 2.26.